The normalized spacial score (nSPS) is 14.8. The predicted octanol–water partition coefficient (Wildman–Crippen LogP) is 7.10. The Kier molecular flexibility index (Phi) is 14.2. The Balaban J connectivity index is 0.000000597. The predicted molar refractivity (Wildman–Crippen MR) is 148 cm³/mol. The Morgan fingerprint density at radius 3 is 1.21 bits per heavy atom. The highest BCUT2D eigenvalue weighted by Gasteiger charge is 2.14. The van der Waals surface area contributed by atoms with Crippen molar-refractivity contribution in [3.63, 3.8) is 0 Å². The van der Waals surface area contributed by atoms with E-state index in [0.29, 0.717) is 11.5 Å². The minimum atomic E-state index is -1.38. The second-order valence-corrected chi connectivity index (χ2v) is 19.2. The van der Waals surface area contributed by atoms with E-state index in [4.69, 9.17) is 9.47 Å². The molecule has 0 aromatic heterocycles. The first kappa shape index (κ1) is 31.5. The Hall–Kier alpha value is -2.55. The van der Waals surface area contributed by atoms with Crippen molar-refractivity contribution in [2.45, 2.75) is 92.7 Å². The maximum atomic E-state index is 10.9. The summed E-state index contributed by atoms with van der Waals surface area (Å²) in [5.74, 6) is 6.98. The van der Waals surface area contributed by atoms with Gasteiger partial charge >= 0.3 is 11.9 Å². The monoisotopic (exact) mass is 498 g/mol. The van der Waals surface area contributed by atoms with E-state index in [1.165, 1.54) is 13.8 Å². The van der Waals surface area contributed by atoms with Crippen molar-refractivity contribution in [2.75, 3.05) is 0 Å². The van der Waals surface area contributed by atoms with Crippen molar-refractivity contribution in [2.24, 2.45) is 0 Å². The van der Waals surface area contributed by atoms with Crippen LogP contribution >= 0.6 is 0 Å². The highest BCUT2D eigenvalue weighted by atomic mass is 28.3. The second-order valence-electron chi connectivity index (χ2n) is 9.71. The molecule has 0 spiro atoms. The van der Waals surface area contributed by atoms with Gasteiger partial charge in [-0.15, -0.1) is 11.1 Å². The third-order valence-corrected chi connectivity index (χ3v) is 5.62. The molecular weight excluding hydrogens is 456 g/mol. The van der Waals surface area contributed by atoms with E-state index >= 15 is 0 Å². The molecule has 0 aromatic rings. The molecule has 2 aliphatic rings. The van der Waals surface area contributed by atoms with Gasteiger partial charge in [0.15, 0.2) is 0 Å². The Morgan fingerprint density at radius 1 is 0.647 bits per heavy atom. The van der Waals surface area contributed by atoms with Crippen molar-refractivity contribution < 1.29 is 19.1 Å². The molecule has 6 heteroatoms. The molecule has 0 amide bonds. The van der Waals surface area contributed by atoms with Gasteiger partial charge in [0.25, 0.3) is 0 Å². The molecule has 4 nitrogen and oxygen atoms in total. The van der Waals surface area contributed by atoms with Crippen LogP contribution in [-0.2, 0) is 19.1 Å². The van der Waals surface area contributed by atoms with Crippen molar-refractivity contribution in [1.82, 2.24) is 0 Å². The van der Waals surface area contributed by atoms with Gasteiger partial charge in [0, 0.05) is 13.8 Å². The average molecular weight is 499 g/mol. The lowest BCUT2D eigenvalue weighted by atomic mass is 10.1. The van der Waals surface area contributed by atoms with Gasteiger partial charge in [-0.2, -0.15) is 0 Å². The molecule has 0 N–H and O–H groups in total. The molecular formula is C28H42O4Si2. The Labute approximate surface area is 209 Å². The fourth-order valence-corrected chi connectivity index (χ4v) is 3.56. The molecule has 0 saturated carbocycles. The van der Waals surface area contributed by atoms with Crippen molar-refractivity contribution in [1.29, 1.82) is 0 Å². The van der Waals surface area contributed by atoms with Crippen LogP contribution in [0.15, 0.2) is 47.0 Å². The highest BCUT2D eigenvalue weighted by molar-refractivity contribution is 6.84. The first-order chi connectivity index (χ1) is 15.8. The van der Waals surface area contributed by atoms with E-state index in [1.54, 1.807) is 0 Å². The number of hydrogen-bond donors (Lipinski definition) is 0. The minimum absolute atomic E-state index is 0.283. The lowest BCUT2D eigenvalue weighted by Crippen LogP contribution is -2.16. The van der Waals surface area contributed by atoms with E-state index < -0.39 is 16.1 Å². The summed E-state index contributed by atoms with van der Waals surface area (Å²) < 4.78 is 10.3. The van der Waals surface area contributed by atoms with Crippen LogP contribution in [-0.4, -0.2) is 28.1 Å². The van der Waals surface area contributed by atoms with Gasteiger partial charge in [-0.1, -0.05) is 77.1 Å². The maximum Gasteiger partial charge on any atom is 0.308 e. The van der Waals surface area contributed by atoms with Crippen LogP contribution in [0.1, 0.15) is 53.4 Å². The number of esters is 2. The summed E-state index contributed by atoms with van der Waals surface area (Å²) in [6.45, 7) is 20.0. The zero-order valence-corrected chi connectivity index (χ0v) is 24.8. The largest absolute Gasteiger partial charge is 0.426 e. The smallest absolute Gasteiger partial charge is 0.308 e. The number of carbonyl (C=O) groups is 2. The average Bonchev–Trinajstić information content (AvgIpc) is 2.72. The summed E-state index contributed by atoms with van der Waals surface area (Å²) in [7, 11) is -2.76. The van der Waals surface area contributed by atoms with Crippen molar-refractivity contribution in [3.8, 4) is 22.9 Å². The van der Waals surface area contributed by atoms with Crippen LogP contribution in [0.4, 0.5) is 0 Å². The molecule has 0 heterocycles. The Bertz CT molecular complexity index is 880. The minimum Gasteiger partial charge on any atom is -0.426 e. The first-order valence-electron chi connectivity index (χ1n) is 12.0. The standard InChI is InChI=1S/2C13H18O2Si.C2H6/c2*1-11(14)15-13-8-6-5-7-12(13)9-10-16(2,3)4;1-2/h2*7-8H,5-6H2,1-4H3;1-2H3. The van der Waals surface area contributed by atoms with Crippen LogP contribution in [0.25, 0.3) is 0 Å². The summed E-state index contributed by atoms with van der Waals surface area (Å²) in [5.41, 5.74) is 8.30. The number of rotatable bonds is 2. The highest BCUT2D eigenvalue weighted by Crippen LogP contribution is 2.20. The zero-order chi connectivity index (χ0) is 26.4. The summed E-state index contributed by atoms with van der Waals surface area (Å²) in [6.07, 6.45) is 11.8. The van der Waals surface area contributed by atoms with Gasteiger partial charge < -0.3 is 9.47 Å². The number of hydrogen-bond acceptors (Lipinski definition) is 4. The molecule has 0 fully saturated rings. The molecule has 2 rings (SSSR count). The van der Waals surface area contributed by atoms with Crippen molar-refractivity contribution >= 4 is 28.1 Å². The van der Waals surface area contributed by atoms with E-state index in [9.17, 15) is 9.59 Å². The zero-order valence-electron chi connectivity index (χ0n) is 22.8. The summed E-state index contributed by atoms with van der Waals surface area (Å²) in [6, 6.07) is 0. The maximum absolute atomic E-state index is 10.9. The molecule has 0 atom stereocenters. The summed E-state index contributed by atoms with van der Waals surface area (Å²) in [5, 5.41) is 0. The Morgan fingerprint density at radius 2 is 0.941 bits per heavy atom. The SMILES string of the molecule is CC.CC(=O)OC1=CCCC=C1C#C[Si](C)(C)C.CC(=O)OC1=CCCC=C1C#C[Si](C)(C)C. The van der Waals surface area contributed by atoms with Gasteiger partial charge in [-0.25, -0.2) is 0 Å². The van der Waals surface area contributed by atoms with Crippen LogP contribution in [0.2, 0.25) is 39.3 Å². The van der Waals surface area contributed by atoms with Gasteiger partial charge in [0.2, 0.25) is 0 Å². The van der Waals surface area contributed by atoms with E-state index in [1.807, 2.05) is 38.2 Å². The van der Waals surface area contributed by atoms with Gasteiger partial charge in [0.1, 0.15) is 27.7 Å². The molecule has 34 heavy (non-hydrogen) atoms. The molecule has 0 aromatic carbocycles. The fraction of sp³-hybridized carbons (Fsp3) is 0.500. The molecule has 0 saturated heterocycles. The quantitative estimate of drug-likeness (QED) is 0.231. The van der Waals surface area contributed by atoms with E-state index in [2.05, 4.69) is 62.2 Å². The number of allylic oxidation sites excluding steroid dienone is 6. The topological polar surface area (TPSA) is 52.6 Å². The van der Waals surface area contributed by atoms with Crippen LogP contribution in [0.3, 0.4) is 0 Å². The van der Waals surface area contributed by atoms with Crippen molar-refractivity contribution in [3.05, 3.63) is 47.0 Å². The number of ether oxygens (including phenoxy) is 2. The molecule has 186 valence electrons. The summed E-state index contributed by atoms with van der Waals surface area (Å²) in [4.78, 5) is 21.9. The fourth-order valence-electron chi connectivity index (χ4n) is 2.54. The third kappa shape index (κ3) is 15.3. The summed E-state index contributed by atoms with van der Waals surface area (Å²) >= 11 is 0. The van der Waals surface area contributed by atoms with E-state index in [-0.39, 0.29) is 11.9 Å². The lowest BCUT2D eigenvalue weighted by molar-refractivity contribution is -0.137. The first-order valence-corrected chi connectivity index (χ1v) is 19.0. The van der Waals surface area contributed by atoms with Crippen LogP contribution in [0.5, 0.6) is 0 Å². The molecule has 2 aliphatic carbocycles. The van der Waals surface area contributed by atoms with Crippen LogP contribution < -0.4 is 0 Å². The third-order valence-electron chi connectivity index (χ3n) is 3.87. The van der Waals surface area contributed by atoms with Crippen LogP contribution in [0, 0.1) is 22.9 Å². The second kappa shape index (κ2) is 15.4. The molecule has 0 bridgehead atoms. The lowest BCUT2D eigenvalue weighted by Gasteiger charge is -2.11. The molecule has 0 unspecified atom stereocenters. The molecule has 0 radical (unpaired) electrons. The van der Waals surface area contributed by atoms with Gasteiger partial charge in [-0.3, -0.25) is 9.59 Å². The van der Waals surface area contributed by atoms with Gasteiger partial charge in [0.05, 0.1) is 11.1 Å². The molecule has 0 aliphatic heterocycles. The number of carbonyl (C=O) groups excluding carboxylic acids is 2. The van der Waals surface area contributed by atoms with Gasteiger partial charge in [-0.05, 0) is 37.8 Å². The van der Waals surface area contributed by atoms with E-state index in [0.717, 1.165) is 36.8 Å².